The van der Waals surface area contributed by atoms with Crippen LogP contribution in [0, 0.1) is 10.8 Å². The number of nitrogens with zero attached hydrogens (tertiary/aromatic N) is 1. The Morgan fingerprint density at radius 1 is 1.19 bits per heavy atom. The lowest BCUT2D eigenvalue weighted by Crippen LogP contribution is -2.36. The molecule has 0 aliphatic heterocycles. The predicted octanol–water partition coefficient (Wildman–Crippen LogP) is 3.71. The zero-order valence-electron chi connectivity index (χ0n) is 11.0. The van der Waals surface area contributed by atoms with E-state index in [1.54, 1.807) is 0 Å². The minimum atomic E-state index is -0.113. The zero-order chi connectivity index (χ0) is 12.3. The number of amidine groups is 1. The SMILES string of the molecule is CCc1ccc(N(C)C(=N)C(C)(C)C)cc1. The summed E-state index contributed by atoms with van der Waals surface area (Å²) in [5, 5.41) is 8.11. The minimum absolute atomic E-state index is 0.113. The molecule has 0 atom stereocenters. The lowest BCUT2D eigenvalue weighted by atomic mass is 9.94. The van der Waals surface area contributed by atoms with Crippen LogP contribution in [0.1, 0.15) is 33.3 Å². The molecule has 1 aromatic carbocycles. The van der Waals surface area contributed by atoms with Crippen LogP contribution < -0.4 is 4.90 Å². The molecule has 1 N–H and O–H groups in total. The highest BCUT2D eigenvalue weighted by molar-refractivity contribution is 5.98. The molecule has 0 aliphatic rings. The highest BCUT2D eigenvalue weighted by atomic mass is 15.2. The van der Waals surface area contributed by atoms with Gasteiger partial charge in [0.2, 0.25) is 0 Å². The number of nitrogens with one attached hydrogen (secondary N) is 1. The van der Waals surface area contributed by atoms with Gasteiger partial charge in [-0.2, -0.15) is 0 Å². The highest BCUT2D eigenvalue weighted by Crippen LogP contribution is 2.22. The van der Waals surface area contributed by atoms with E-state index in [4.69, 9.17) is 5.41 Å². The van der Waals surface area contributed by atoms with Crippen molar-refractivity contribution in [1.82, 2.24) is 0 Å². The Morgan fingerprint density at radius 2 is 1.69 bits per heavy atom. The molecule has 0 bridgehead atoms. The normalized spacial score (nSPS) is 11.3. The van der Waals surface area contributed by atoms with E-state index in [9.17, 15) is 0 Å². The second-order valence-electron chi connectivity index (χ2n) is 5.18. The van der Waals surface area contributed by atoms with Crippen molar-refractivity contribution in [3.63, 3.8) is 0 Å². The fourth-order valence-electron chi connectivity index (χ4n) is 1.59. The van der Waals surface area contributed by atoms with E-state index < -0.39 is 0 Å². The van der Waals surface area contributed by atoms with E-state index in [0.29, 0.717) is 5.84 Å². The molecule has 1 rings (SSSR count). The van der Waals surface area contributed by atoms with Gasteiger partial charge >= 0.3 is 0 Å². The third-order valence-corrected chi connectivity index (χ3v) is 2.78. The molecule has 0 fully saturated rings. The van der Waals surface area contributed by atoms with Gasteiger partial charge in [0, 0.05) is 18.2 Å². The molecule has 2 heteroatoms. The summed E-state index contributed by atoms with van der Waals surface area (Å²) in [6.45, 7) is 8.33. The lowest BCUT2D eigenvalue weighted by Gasteiger charge is -2.29. The molecule has 88 valence electrons. The molecule has 0 saturated carbocycles. The smallest absolute Gasteiger partial charge is 0.105 e. The van der Waals surface area contributed by atoms with Crippen molar-refractivity contribution < 1.29 is 0 Å². The number of anilines is 1. The van der Waals surface area contributed by atoms with E-state index in [2.05, 4.69) is 52.0 Å². The van der Waals surface area contributed by atoms with Gasteiger partial charge in [0.25, 0.3) is 0 Å². The Balaban J connectivity index is 2.88. The summed E-state index contributed by atoms with van der Waals surface area (Å²) < 4.78 is 0. The maximum atomic E-state index is 8.11. The number of rotatable bonds is 2. The summed E-state index contributed by atoms with van der Waals surface area (Å²) in [4.78, 5) is 1.94. The topological polar surface area (TPSA) is 27.1 Å². The Bertz CT molecular complexity index is 357. The maximum absolute atomic E-state index is 8.11. The Morgan fingerprint density at radius 3 is 2.06 bits per heavy atom. The van der Waals surface area contributed by atoms with Crippen LogP contribution in [0.4, 0.5) is 5.69 Å². The molecule has 0 amide bonds. The third-order valence-electron chi connectivity index (χ3n) is 2.78. The van der Waals surface area contributed by atoms with Gasteiger partial charge in [0.1, 0.15) is 5.84 Å². The van der Waals surface area contributed by atoms with Gasteiger partial charge in [-0.05, 0) is 24.1 Å². The molecule has 0 aliphatic carbocycles. The fraction of sp³-hybridized carbons (Fsp3) is 0.500. The minimum Gasteiger partial charge on any atom is -0.333 e. The molecule has 1 aromatic rings. The first kappa shape index (κ1) is 12.8. The fourth-order valence-corrected chi connectivity index (χ4v) is 1.59. The van der Waals surface area contributed by atoms with E-state index in [1.807, 2.05) is 11.9 Å². The molecule has 0 aromatic heterocycles. The quantitative estimate of drug-likeness (QED) is 0.594. The number of hydrogen-bond acceptors (Lipinski definition) is 1. The van der Waals surface area contributed by atoms with Crippen LogP contribution >= 0.6 is 0 Å². The molecular weight excluding hydrogens is 196 g/mol. The highest BCUT2D eigenvalue weighted by Gasteiger charge is 2.21. The molecule has 0 heterocycles. The van der Waals surface area contributed by atoms with Crippen molar-refractivity contribution in [1.29, 1.82) is 5.41 Å². The largest absolute Gasteiger partial charge is 0.333 e. The van der Waals surface area contributed by atoms with Gasteiger partial charge in [-0.25, -0.2) is 0 Å². The van der Waals surface area contributed by atoms with Crippen LogP contribution in [0.5, 0.6) is 0 Å². The third kappa shape index (κ3) is 2.84. The maximum Gasteiger partial charge on any atom is 0.105 e. The van der Waals surface area contributed by atoms with Gasteiger partial charge < -0.3 is 4.90 Å². The average molecular weight is 218 g/mol. The molecular formula is C14H22N2. The van der Waals surface area contributed by atoms with Crippen LogP contribution in [-0.4, -0.2) is 12.9 Å². The van der Waals surface area contributed by atoms with Crippen molar-refractivity contribution in [3.05, 3.63) is 29.8 Å². The Kier molecular flexibility index (Phi) is 3.74. The molecule has 0 saturated heterocycles. The summed E-state index contributed by atoms with van der Waals surface area (Å²) in [6, 6.07) is 8.42. The first-order valence-corrected chi connectivity index (χ1v) is 5.78. The lowest BCUT2D eigenvalue weighted by molar-refractivity contribution is 0.576. The summed E-state index contributed by atoms with van der Waals surface area (Å²) in [5.74, 6) is 0.636. The zero-order valence-corrected chi connectivity index (χ0v) is 11.0. The van der Waals surface area contributed by atoms with Crippen LogP contribution in [0.3, 0.4) is 0 Å². The van der Waals surface area contributed by atoms with Crippen molar-refractivity contribution in [2.24, 2.45) is 5.41 Å². The van der Waals surface area contributed by atoms with Crippen LogP contribution in [0.15, 0.2) is 24.3 Å². The molecule has 16 heavy (non-hydrogen) atoms. The van der Waals surface area contributed by atoms with Gasteiger partial charge in [-0.3, -0.25) is 5.41 Å². The number of hydrogen-bond donors (Lipinski definition) is 1. The van der Waals surface area contributed by atoms with E-state index in [-0.39, 0.29) is 5.41 Å². The summed E-state index contributed by atoms with van der Waals surface area (Å²) in [6.07, 6.45) is 1.06. The Hall–Kier alpha value is -1.31. The molecule has 0 radical (unpaired) electrons. The monoisotopic (exact) mass is 218 g/mol. The van der Waals surface area contributed by atoms with Gasteiger partial charge in [-0.15, -0.1) is 0 Å². The molecule has 0 spiro atoms. The summed E-state index contributed by atoms with van der Waals surface area (Å²) >= 11 is 0. The van der Waals surface area contributed by atoms with Crippen LogP contribution in [0.25, 0.3) is 0 Å². The Labute approximate surface area is 98.8 Å². The van der Waals surface area contributed by atoms with Crippen LogP contribution in [-0.2, 0) is 6.42 Å². The molecule has 2 nitrogen and oxygen atoms in total. The standard InChI is InChI=1S/C14H22N2/c1-6-11-7-9-12(10-8-11)16(5)13(15)14(2,3)4/h7-10,15H,6H2,1-5H3. The number of aryl methyl sites for hydroxylation is 1. The van der Waals surface area contributed by atoms with Crippen molar-refractivity contribution in [3.8, 4) is 0 Å². The first-order chi connectivity index (χ1) is 7.36. The predicted molar refractivity (Wildman–Crippen MR) is 71.4 cm³/mol. The second-order valence-corrected chi connectivity index (χ2v) is 5.18. The van der Waals surface area contributed by atoms with Gasteiger partial charge in [0.15, 0.2) is 0 Å². The average Bonchev–Trinajstić information content (AvgIpc) is 2.26. The first-order valence-electron chi connectivity index (χ1n) is 5.78. The van der Waals surface area contributed by atoms with Crippen molar-refractivity contribution >= 4 is 11.5 Å². The van der Waals surface area contributed by atoms with Gasteiger partial charge in [-0.1, -0.05) is 39.8 Å². The van der Waals surface area contributed by atoms with Gasteiger partial charge in [0.05, 0.1) is 0 Å². The second kappa shape index (κ2) is 4.69. The number of benzene rings is 1. The van der Waals surface area contributed by atoms with Crippen molar-refractivity contribution in [2.45, 2.75) is 34.1 Å². The van der Waals surface area contributed by atoms with E-state index in [1.165, 1.54) is 5.56 Å². The van der Waals surface area contributed by atoms with Crippen LogP contribution in [0.2, 0.25) is 0 Å². The van der Waals surface area contributed by atoms with E-state index >= 15 is 0 Å². The summed E-state index contributed by atoms with van der Waals surface area (Å²) in [5.41, 5.74) is 2.30. The summed E-state index contributed by atoms with van der Waals surface area (Å²) in [7, 11) is 1.95. The van der Waals surface area contributed by atoms with E-state index in [0.717, 1.165) is 12.1 Å². The molecule has 0 unspecified atom stereocenters. The van der Waals surface area contributed by atoms with Crippen molar-refractivity contribution in [2.75, 3.05) is 11.9 Å².